The van der Waals surface area contributed by atoms with E-state index < -0.39 is 17.5 Å². The molecule has 0 aliphatic rings. The van der Waals surface area contributed by atoms with Gasteiger partial charge in [0.2, 0.25) is 0 Å². The largest absolute Gasteiger partial charge is 0.396 e. The Morgan fingerprint density at radius 3 is 2.57 bits per heavy atom. The quantitative estimate of drug-likeness (QED) is 0.581. The first kappa shape index (κ1) is 10.8. The van der Waals surface area contributed by atoms with Crippen LogP contribution in [-0.4, -0.2) is 18.3 Å². The number of aliphatic hydroxyl groups is 1. The molecule has 2 N–H and O–H groups in total. The molecule has 0 radical (unpaired) electrons. The molecule has 78 valence electrons. The van der Waals surface area contributed by atoms with Crippen molar-refractivity contribution in [3.05, 3.63) is 29.6 Å². The number of anilines is 1. The Balaban J connectivity index is 2.75. The van der Waals surface area contributed by atoms with Gasteiger partial charge in [-0.3, -0.25) is 0 Å². The summed E-state index contributed by atoms with van der Waals surface area (Å²) in [5.74, 6) is -3.17. The van der Waals surface area contributed by atoms with Crippen molar-refractivity contribution in [3.63, 3.8) is 0 Å². The van der Waals surface area contributed by atoms with Gasteiger partial charge in [-0.1, -0.05) is 0 Å². The number of hydrogen-bond acceptors (Lipinski definition) is 2. The van der Waals surface area contributed by atoms with Gasteiger partial charge in [0.15, 0.2) is 11.6 Å². The Kier molecular flexibility index (Phi) is 3.76. The van der Waals surface area contributed by atoms with Crippen molar-refractivity contribution in [2.24, 2.45) is 0 Å². The zero-order valence-electron chi connectivity index (χ0n) is 7.36. The van der Waals surface area contributed by atoms with Gasteiger partial charge < -0.3 is 10.4 Å². The number of rotatable bonds is 4. The van der Waals surface area contributed by atoms with Gasteiger partial charge in [0, 0.05) is 25.3 Å². The lowest BCUT2D eigenvalue weighted by Crippen LogP contribution is -2.06. The summed E-state index contributed by atoms with van der Waals surface area (Å²) in [6, 6.07) is 1.35. The molecule has 0 aliphatic heterocycles. The number of benzene rings is 1. The molecule has 0 atom stereocenters. The molecule has 0 unspecified atom stereocenters. The van der Waals surface area contributed by atoms with Crippen molar-refractivity contribution < 1.29 is 18.3 Å². The fourth-order valence-electron chi connectivity index (χ4n) is 0.987. The highest BCUT2D eigenvalue weighted by molar-refractivity contribution is 5.45. The summed E-state index contributed by atoms with van der Waals surface area (Å²) in [6.07, 6.45) is 0.386. The number of hydrogen-bond donors (Lipinski definition) is 2. The summed E-state index contributed by atoms with van der Waals surface area (Å²) < 4.78 is 38.2. The molecule has 0 aromatic heterocycles. The van der Waals surface area contributed by atoms with Crippen LogP contribution in [0.2, 0.25) is 0 Å². The first-order valence-electron chi connectivity index (χ1n) is 4.14. The molecule has 0 amide bonds. The molecule has 0 saturated heterocycles. The van der Waals surface area contributed by atoms with Crippen LogP contribution in [0.3, 0.4) is 0 Å². The maximum atomic E-state index is 12.9. The Morgan fingerprint density at radius 2 is 1.93 bits per heavy atom. The van der Waals surface area contributed by atoms with Crippen LogP contribution in [-0.2, 0) is 0 Å². The van der Waals surface area contributed by atoms with Crippen LogP contribution in [0.15, 0.2) is 12.1 Å². The third-order valence-electron chi connectivity index (χ3n) is 1.64. The Morgan fingerprint density at radius 1 is 1.21 bits per heavy atom. The normalized spacial score (nSPS) is 10.3. The van der Waals surface area contributed by atoms with Gasteiger partial charge >= 0.3 is 0 Å². The van der Waals surface area contributed by atoms with E-state index in [1.165, 1.54) is 0 Å². The predicted molar refractivity (Wildman–Crippen MR) is 46.5 cm³/mol. The van der Waals surface area contributed by atoms with Crippen molar-refractivity contribution in [3.8, 4) is 0 Å². The Hall–Kier alpha value is -1.23. The molecule has 1 aromatic carbocycles. The second-order valence-electron chi connectivity index (χ2n) is 2.75. The van der Waals surface area contributed by atoms with E-state index in [9.17, 15) is 13.2 Å². The number of halogens is 3. The monoisotopic (exact) mass is 205 g/mol. The van der Waals surface area contributed by atoms with Gasteiger partial charge in [-0.2, -0.15) is 0 Å². The van der Waals surface area contributed by atoms with Gasteiger partial charge in [0.25, 0.3) is 0 Å². The highest BCUT2D eigenvalue weighted by Crippen LogP contribution is 2.18. The summed E-state index contributed by atoms with van der Waals surface area (Å²) >= 11 is 0. The molecule has 0 heterocycles. The van der Waals surface area contributed by atoms with Crippen molar-refractivity contribution in [1.82, 2.24) is 0 Å². The summed E-state index contributed by atoms with van der Waals surface area (Å²) in [7, 11) is 0. The molecular weight excluding hydrogens is 195 g/mol. The van der Waals surface area contributed by atoms with E-state index in [2.05, 4.69) is 5.32 Å². The second-order valence-corrected chi connectivity index (χ2v) is 2.75. The molecule has 1 rings (SSSR count). The van der Waals surface area contributed by atoms with Crippen LogP contribution in [0.25, 0.3) is 0 Å². The highest BCUT2D eigenvalue weighted by Gasteiger charge is 2.09. The molecular formula is C9H10F3NO. The van der Waals surface area contributed by atoms with Crippen LogP contribution in [0, 0.1) is 17.5 Å². The minimum absolute atomic E-state index is 0.0631. The molecule has 0 aliphatic carbocycles. The van der Waals surface area contributed by atoms with E-state index in [1.54, 1.807) is 0 Å². The summed E-state index contributed by atoms with van der Waals surface area (Å²) in [5, 5.41) is 10.9. The Labute approximate surface area is 79.4 Å². The summed E-state index contributed by atoms with van der Waals surface area (Å²) in [5.41, 5.74) is -0.226. The van der Waals surface area contributed by atoms with Crippen LogP contribution in [0.1, 0.15) is 6.42 Å². The van der Waals surface area contributed by atoms with E-state index in [4.69, 9.17) is 5.11 Å². The van der Waals surface area contributed by atoms with Gasteiger partial charge in [0.1, 0.15) is 5.82 Å². The van der Waals surface area contributed by atoms with E-state index in [0.29, 0.717) is 12.5 Å². The Bertz CT molecular complexity index is 317. The van der Waals surface area contributed by atoms with E-state index in [0.717, 1.165) is 6.07 Å². The third kappa shape index (κ3) is 2.63. The number of nitrogens with one attached hydrogen (secondary N) is 1. The highest BCUT2D eigenvalue weighted by atomic mass is 19.2. The maximum Gasteiger partial charge on any atom is 0.182 e. The van der Waals surface area contributed by atoms with Crippen molar-refractivity contribution >= 4 is 5.69 Å². The van der Waals surface area contributed by atoms with Crippen LogP contribution >= 0.6 is 0 Å². The molecule has 0 spiro atoms. The topological polar surface area (TPSA) is 32.3 Å². The fourth-order valence-corrected chi connectivity index (χ4v) is 0.987. The van der Waals surface area contributed by atoms with Crippen LogP contribution in [0.4, 0.5) is 18.9 Å². The molecule has 14 heavy (non-hydrogen) atoms. The standard InChI is InChI=1S/C9H10F3NO/c10-6-4-7(11)9(12)8(5-6)13-2-1-3-14/h4-5,13-14H,1-3H2. The predicted octanol–water partition coefficient (Wildman–Crippen LogP) is 1.90. The fraction of sp³-hybridized carbons (Fsp3) is 0.333. The molecule has 1 aromatic rings. The van der Waals surface area contributed by atoms with Gasteiger partial charge in [-0.05, 0) is 6.42 Å². The average Bonchev–Trinajstić information content (AvgIpc) is 2.13. The van der Waals surface area contributed by atoms with Crippen molar-refractivity contribution in [2.45, 2.75) is 6.42 Å². The molecule has 0 bridgehead atoms. The van der Waals surface area contributed by atoms with E-state index in [-0.39, 0.29) is 18.8 Å². The second kappa shape index (κ2) is 4.85. The van der Waals surface area contributed by atoms with Gasteiger partial charge in [-0.15, -0.1) is 0 Å². The lowest BCUT2D eigenvalue weighted by atomic mass is 10.2. The zero-order chi connectivity index (χ0) is 10.6. The van der Waals surface area contributed by atoms with Crippen LogP contribution in [0.5, 0.6) is 0 Å². The third-order valence-corrected chi connectivity index (χ3v) is 1.64. The molecule has 2 nitrogen and oxygen atoms in total. The number of aliphatic hydroxyl groups excluding tert-OH is 1. The van der Waals surface area contributed by atoms with Gasteiger partial charge in [0.05, 0.1) is 5.69 Å². The smallest absolute Gasteiger partial charge is 0.182 e. The average molecular weight is 205 g/mol. The summed E-state index contributed by atoms with van der Waals surface area (Å²) in [6.45, 7) is 0.197. The first-order chi connectivity index (χ1) is 6.65. The minimum Gasteiger partial charge on any atom is -0.396 e. The minimum atomic E-state index is -1.23. The maximum absolute atomic E-state index is 12.9. The molecule has 0 saturated carbocycles. The van der Waals surface area contributed by atoms with E-state index in [1.807, 2.05) is 0 Å². The van der Waals surface area contributed by atoms with Crippen molar-refractivity contribution in [2.75, 3.05) is 18.5 Å². The SMILES string of the molecule is OCCCNc1cc(F)cc(F)c1F. The van der Waals surface area contributed by atoms with Gasteiger partial charge in [-0.25, -0.2) is 13.2 Å². The zero-order valence-corrected chi connectivity index (χ0v) is 7.36. The lowest BCUT2D eigenvalue weighted by Gasteiger charge is -2.06. The molecule has 0 fully saturated rings. The first-order valence-corrected chi connectivity index (χ1v) is 4.14. The van der Waals surface area contributed by atoms with Crippen molar-refractivity contribution in [1.29, 1.82) is 0 Å². The van der Waals surface area contributed by atoms with Crippen LogP contribution < -0.4 is 5.32 Å². The van der Waals surface area contributed by atoms with E-state index >= 15 is 0 Å². The summed E-state index contributed by atoms with van der Waals surface area (Å²) in [4.78, 5) is 0. The molecule has 5 heteroatoms. The lowest BCUT2D eigenvalue weighted by molar-refractivity contribution is 0.292.